The van der Waals surface area contributed by atoms with Gasteiger partial charge in [0.05, 0.1) is 12.1 Å². The molecule has 0 atom stereocenters. The number of pyridine rings is 1. The minimum absolute atomic E-state index is 0.0516. The third-order valence-corrected chi connectivity index (χ3v) is 2.20. The van der Waals surface area contributed by atoms with Crippen LogP contribution in [0.4, 0.5) is 8.78 Å². The molecule has 0 spiro atoms. The van der Waals surface area contributed by atoms with Crippen LogP contribution in [-0.4, -0.2) is 16.1 Å². The first-order valence-corrected chi connectivity index (χ1v) is 4.65. The zero-order valence-electron chi connectivity index (χ0n) is 8.70. The van der Waals surface area contributed by atoms with Crippen LogP contribution in [0.2, 0.25) is 0 Å². The lowest BCUT2D eigenvalue weighted by atomic mass is 10.0. The van der Waals surface area contributed by atoms with Gasteiger partial charge in [0.15, 0.2) is 0 Å². The topological polar surface area (TPSA) is 76.2 Å². The molecule has 1 aromatic heterocycles. The van der Waals surface area contributed by atoms with Gasteiger partial charge in [0.25, 0.3) is 6.43 Å². The lowest BCUT2D eigenvalue weighted by Gasteiger charge is -2.11. The first-order chi connectivity index (χ1) is 7.45. The van der Waals surface area contributed by atoms with Crippen molar-refractivity contribution in [1.82, 2.24) is 4.98 Å². The van der Waals surface area contributed by atoms with Gasteiger partial charge in [0.1, 0.15) is 5.69 Å². The number of rotatable bonds is 4. The molecule has 16 heavy (non-hydrogen) atoms. The Balaban J connectivity index is 3.22. The normalized spacial score (nSPS) is 10.8. The van der Waals surface area contributed by atoms with E-state index in [4.69, 9.17) is 10.8 Å². The SMILES string of the molecule is Cc1cc(C(F)F)nc(CN)c1CC(=O)O. The van der Waals surface area contributed by atoms with Gasteiger partial charge in [-0.05, 0) is 24.1 Å². The Morgan fingerprint density at radius 2 is 2.25 bits per heavy atom. The highest BCUT2D eigenvalue weighted by atomic mass is 19.3. The third kappa shape index (κ3) is 2.73. The summed E-state index contributed by atoms with van der Waals surface area (Å²) in [7, 11) is 0. The number of aromatic nitrogens is 1. The summed E-state index contributed by atoms with van der Waals surface area (Å²) in [5.41, 5.74) is 6.11. The Morgan fingerprint density at radius 1 is 1.62 bits per heavy atom. The Labute approximate surface area is 91.1 Å². The van der Waals surface area contributed by atoms with Gasteiger partial charge in [0, 0.05) is 6.54 Å². The summed E-state index contributed by atoms with van der Waals surface area (Å²) >= 11 is 0. The van der Waals surface area contributed by atoms with Crippen molar-refractivity contribution >= 4 is 5.97 Å². The molecule has 3 N–H and O–H groups in total. The fraction of sp³-hybridized carbons (Fsp3) is 0.400. The van der Waals surface area contributed by atoms with Gasteiger partial charge in [0.2, 0.25) is 0 Å². The molecule has 0 aromatic carbocycles. The molecule has 0 amide bonds. The van der Waals surface area contributed by atoms with Crippen molar-refractivity contribution in [2.24, 2.45) is 5.73 Å². The van der Waals surface area contributed by atoms with Crippen LogP contribution < -0.4 is 5.73 Å². The highest BCUT2D eigenvalue weighted by Gasteiger charge is 2.16. The molecular weight excluding hydrogens is 218 g/mol. The van der Waals surface area contributed by atoms with Crippen molar-refractivity contribution < 1.29 is 18.7 Å². The lowest BCUT2D eigenvalue weighted by Crippen LogP contribution is -2.12. The highest BCUT2D eigenvalue weighted by molar-refractivity contribution is 5.71. The van der Waals surface area contributed by atoms with E-state index in [1.807, 2.05) is 0 Å². The molecule has 0 bridgehead atoms. The number of nitrogens with zero attached hydrogens (tertiary/aromatic N) is 1. The Morgan fingerprint density at radius 3 is 2.69 bits per heavy atom. The molecule has 0 radical (unpaired) electrons. The molecule has 0 unspecified atom stereocenters. The Bertz CT molecular complexity index is 408. The van der Waals surface area contributed by atoms with Crippen LogP contribution in [0.1, 0.15) is 28.9 Å². The molecule has 1 rings (SSSR count). The number of carboxylic acids is 1. The minimum Gasteiger partial charge on any atom is -0.481 e. The Hall–Kier alpha value is -1.56. The molecule has 88 valence electrons. The third-order valence-electron chi connectivity index (χ3n) is 2.20. The van der Waals surface area contributed by atoms with Crippen LogP contribution in [0, 0.1) is 6.92 Å². The van der Waals surface area contributed by atoms with E-state index >= 15 is 0 Å². The molecule has 0 aliphatic rings. The van der Waals surface area contributed by atoms with Crippen molar-refractivity contribution in [1.29, 1.82) is 0 Å². The second-order valence-corrected chi connectivity index (χ2v) is 3.36. The molecule has 1 aromatic rings. The molecule has 0 aliphatic carbocycles. The number of halogens is 2. The van der Waals surface area contributed by atoms with Gasteiger partial charge in [-0.15, -0.1) is 0 Å². The first-order valence-electron chi connectivity index (χ1n) is 4.65. The summed E-state index contributed by atoms with van der Waals surface area (Å²) in [6, 6.07) is 1.20. The average molecular weight is 230 g/mol. The maximum absolute atomic E-state index is 12.4. The molecule has 6 heteroatoms. The van der Waals surface area contributed by atoms with E-state index in [0.29, 0.717) is 11.1 Å². The van der Waals surface area contributed by atoms with E-state index < -0.39 is 12.4 Å². The lowest BCUT2D eigenvalue weighted by molar-refractivity contribution is -0.136. The first kappa shape index (κ1) is 12.5. The fourth-order valence-corrected chi connectivity index (χ4v) is 1.47. The van der Waals surface area contributed by atoms with Gasteiger partial charge < -0.3 is 10.8 Å². The van der Waals surface area contributed by atoms with Crippen LogP contribution in [0.5, 0.6) is 0 Å². The highest BCUT2D eigenvalue weighted by Crippen LogP contribution is 2.22. The standard InChI is InChI=1S/C10H12F2N2O2/c1-5-2-7(10(11)12)14-8(4-13)6(5)3-9(15)16/h2,10H,3-4,13H2,1H3,(H,15,16). The van der Waals surface area contributed by atoms with Gasteiger partial charge in [-0.1, -0.05) is 0 Å². The number of aliphatic carboxylic acids is 1. The number of hydrogen-bond acceptors (Lipinski definition) is 3. The van der Waals surface area contributed by atoms with E-state index in [-0.39, 0.29) is 24.4 Å². The van der Waals surface area contributed by atoms with Gasteiger partial charge >= 0.3 is 5.97 Å². The van der Waals surface area contributed by atoms with Gasteiger partial charge in [-0.2, -0.15) is 0 Å². The smallest absolute Gasteiger partial charge is 0.307 e. The van der Waals surface area contributed by atoms with Gasteiger partial charge in [-0.25, -0.2) is 8.78 Å². The molecule has 0 saturated heterocycles. The van der Waals surface area contributed by atoms with Crippen LogP contribution in [0.25, 0.3) is 0 Å². The number of hydrogen-bond donors (Lipinski definition) is 2. The maximum atomic E-state index is 12.4. The average Bonchev–Trinajstić information content (AvgIpc) is 2.19. The van der Waals surface area contributed by atoms with Crippen molar-refractivity contribution in [2.75, 3.05) is 0 Å². The summed E-state index contributed by atoms with van der Waals surface area (Å²) in [6.07, 6.45) is -2.93. The molecule has 4 nitrogen and oxygen atoms in total. The number of carbonyl (C=O) groups is 1. The Kier molecular flexibility index (Phi) is 3.89. The largest absolute Gasteiger partial charge is 0.481 e. The van der Waals surface area contributed by atoms with E-state index in [9.17, 15) is 13.6 Å². The summed E-state index contributed by atoms with van der Waals surface area (Å²) in [4.78, 5) is 14.3. The monoisotopic (exact) mass is 230 g/mol. The molecule has 0 saturated carbocycles. The summed E-state index contributed by atoms with van der Waals surface area (Å²) < 4.78 is 24.9. The summed E-state index contributed by atoms with van der Waals surface area (Å²) in [6.45, 7) is 1.52. The molecular formula is C10H12F2N2O2. The van der Waals surface area contributed by atoms with Crippen molar-refractivity contribution in [3.05, 3.63) is 28.6 Å². The maximum Gasteiger partial charge on any atom is 0.307 e. The number of alkyl halides is 2. The van der Waals surface area contributed by atoms with E-state index in [1.54, 1.807) is 6.92 Å². The number of carboxylic acid groups (broad SMARTS) is 1. The van der Waals surface area contributed by atoms with Crippen LogP contribution in [-0.2, 0) is 17.8 Å². The number of nitrogens with two attached hydrogens (primary N) is 1. The predicted molar refractivity (Wildman–Crippen MR) is 53.2 cm³/mol. The van der Waals surface area contributed by atoms with Crippen LogP contribution >= 0.6 is 0 Å². The second-order valence-electron chi connectivity index (χ2n) is 3.36. The van der Waals surface area contributed by atoms with Crippen molar-refractivity contribution in [3.63, 3.8) is 0 Å². The molecule has 1 heterocycles. The zero-order chi connectivity index (χ0) is 12.3. The van der Waals surface area contributed by atoms with E-state index in [1.165, 1.54) is 6.07 Å². The minimum atomic E-state index is -2.68. The predicted octanol–water partition coefficient (Wildman–Crippen LogP) is 1.41. The summed E-state index contributed by atoms with van der Waals surface area (Å²) in [5, 5.41) is 8.67. The van der Waals surface area contributed by atoms with Crippen molar-refractivity contribution in [3.8, 4) is 0 Å². The quantitative estimate of drug-likeness (QED) is 0.820. The van der Waals surface area contributed by atoms with E-state index in [2.05, 4.69) is 4.98 Å². The number of aryl methyl sites for hydroxylation is 1. The van der Waals surface area contributed by atoms with Crippen molar-refractivity contribution in [2.45, 2.75) is 26.3 Å². The van der Waals surface area contributed by atoms with Crippen LogP contribution in [0.15, 0.2) is 6.07 Å². The second kappa shape index (κ2) is 4.98. The zero-order valence-corrected chi connectivity index (χ0v) is 8.70. The molecule has 0 fully saturated rings. The fourth-order valence-electron chi connectivity index (χ4n) is 1.47. The van der Waals surface area contributed by atoms with Crippen LogP contribution in [0.3, 0.4) is 0 Å². The van der Waals surface area contributed by atoms with E-state index in [0.717, 1.165) is 0 Å². The summed E-state index contributed by atoms with van der Waals surface area (Å²) in [5.74, 6) is -1.04. The van der Waals surface area contributed by atoms with Gasteiger partial charge in [-0.3, -0.25) is 9.78 Å². The molecule has 0 aliphatic heterocycles.